The molecule has 2 aliphatic rings. The third-order valence-electron chi connectivity index (χ3n) is 3.63. The summed E-state index contributed by atoms with van der Waals surface area (Å²) in [5.74, 6) is 1.69. The summed E-state index contributed by atoms with van der Waals surface area (Å²) in [6, 6.07) is 0. The standard InChI is InChI=1S/C11H20O/c1-2-9-5-6-11(12,7-9)8-10-3-4-10/h9-10,12H,2-8H2,1H3. The second-order valence-corrected chi connectivity index (χ2v) is 4.89. The fourth-order valence-electron chi connectivity index (χ4n) is 2.61. The zero-order chi connectivity index (χ0) is 8.60. The number of rotatable bonds is 3. The van der Waals surface area contributed by atoms with Crippen LogP contribution in [0.2, 0.25) is 0 Å². The molecule has 2 unspecified atom stereocenters. The molecular formula is C11H20O. The molecular weight excluding hydrogens is 148 g/mol. The average molecular weight is 168 g/mol. The zero-order valence-corrected chi connectivity index (χ0v) is 8.05. The highest BCUT2D eigenvalue weighted by Crippen LogP contribution is 2.45. The van der Waals surface area contributed by atoms with E-state index in [-0.39, 0.29) is 5.60 Å². The van der Waals surface area contributed by atoms with Crippen LogP contribution in [0.25, 0.3) is 0 Å². The minimum atomic E-state index is -0.248. The van der Waals surface area contributed by atoms with Crippen LogP contribution in [0.15, 0.2) is 0 Å². The molecule has 2 aliphatic carbocycles. The van der Waals surface area contributed by atoms with E-state index in [1.807, 2.05) is 0 Å². The Morgan fingerprint density at radius 3 is 2.50 bits per heavy atom. The molecule has 0 aliphatic heterocycles. The van der Waals surface area contributed by atoms with Crippen LogP contribution >= 0.6 is 0 Å². The highest BCUT2D eigenvalue weighted by molar-refractivity contribution is 4.93. The molecule has 0 bridgehead atoms. The molecule has 70 valence electrons. The predicted molar refractivity (Wildman–Crippen MR) is 49.9 cm³/mol. The van der Waals surface area contributed by atoms with Gasteiger partial charge in [0.15, 0.2) is 0 Å². The molecule has 0 spiro atoms. The molecule has 0 aromatic heterocycles. The highest BCUT2D eigenvalue weighted by Gasteiger charge is 2.40. The Balaban J connectivity index is 1.85. The lowest BCUT2D eigenvalue weighted by Crippen LogP contribution is -2.25. The first kappa shape index (κ1) is 8.55. The van der Waals surface area contributed by atoms with E-state index in [9.17, 15) is 5.11 Å². The first-order valence-electron chi connectivity index (χ1n) is 5.44. The average Bonchev–Trinajstić information content (AvgIpc) is 2.74. The maximum Gasteiger partial charge on any atom is 0.0653 e. The van der Waals surface area contributed by atoms with Crippen molar-refractivity contribution in [2.24, 2.45) is 11.8 Å². The minimum Gasteiger partial charge on any atom is -0.390 e. The van der Waals surface area contributed by atoms with Gasteiger partial charge in [-0.1, -0.05) is 26.2 Å². The van der Waals surface area contributed by atoms with E-state index in [2.05, 4.69) is 6.92 Å². The number of hydrogen-bond acceptors (Lipinski definition) is 1. The van der Waals surface area contributed by atoms with Gasteiger partial charge in [0.1, 0.15) is 0 Å². The zero-order valence-electron chi connectivity index (χ0n) is 8.05. The highest BCUT2D eigenvalue weighted by atomic mass is 16.3. The van der Waals surface area contributed by atoms with E-state index in [4.69, 9.17) is 0 Å². The Labute approximate surface area is 75.2 Å². The lowest BCUT2D eigenvalue weighted by atomic mass is 9.93. The maximum atomic E-state index is 10.2. The number of aliphatic hydroxyl groups is 1. The van der Waals surface area contributed by atoms with E-state index < -0.39 is 0 Å². The van der Waals surface area contributed by atoms with Crippen molar-refractivity contribution >= 4 is 0 Å². The van der Waals surface area contributed by atoms with Gasteiger partial charge in [-0.25, -0.2) is 0 Å². The number of hydrogen-bond donors (Lipinski definition) is 1. The van der Waals surface area contributed by atoms with Crippen molar-refractivity contribution in [2.75, 3.05) is 0 Å². The van der Waals surface area contributed by atoms with E-state index >= 15 is 0 Å². The molecule has 1 N–H and O–H groups in total. The van der Waals surface area contributed by atoms with E-state index in [0.717, 1.165) is 31.1 Å². The van der Waals surface area contributed by atoms with E-state index in [1.54, 1.807) is 0 Å². The van der Waals surface area contributed by atoms with Crippen molar-refractivity contribution in [1.29, 1.82) is 0 Å². The SMILES string of the molecule is CCC1CCC(O)(CC2CC2)C1. The molecule has 2 atom stereocenters. The van der Waals surface area contributed by atoms with Gasteiger partial charge >= 0.3 is 0 Å². The lowest BCUT2D eigenvalue weighted by molar-refractivity contribution is 0.0289. The van der Waals surface area contributed by atoms with E-state index in [0.29, 0.717) is 0 Å². The fourth-order valence-corrected chi connectivity index (χ4v) is 2.61. The van der Waals surface area contributed by atoms with Gasteiger partial charge in [-0.2, -0.15) is 0 Å². The summed E-state index contributed by atoms with van der Waals surface area (Å²) in [4.78, 5) is 0. The van der Waals surface area contributed by atoms with Crippen LogP contribution < -0.4 is 0 Å². The van der Waals surface area contributed by atoms with Crippen molar-refractivity contribution in [3.05, 3.63) is 0 Å². The lowest BCUT2D eigenvalue weighted by Gasteiger charge is -2.22. The molecule has 0 amide bonds. The molecule has 2 rings (SSSR count). The van der Waals surface area contributed by atoms with Gasteiger partial charge in [0.2, 0.25) is 0 Å². The maximum absolute atomic E-state index is 10.2. The second-order valence-electron chi connectivity index (χ2n) is 4.89. The molecule has 0 aromatic rings. The van der Waals surface area contributed by atoms with Gasteiger partial charge in [-0.15, -0.1) is 0 Å². The largest absolute Gasteiger partial charge is 0.390 e. The van der Waals surface area contributed by atoms with Crippen LogP contribution in [0, 0.1) is 11.8 Å². The molecule has 0 aromatic carbocycles. The normalized spacial score (nSPS) is 42.0. The first-order chi connectivity index (χ1) is 5.72. The Morgan fingerprint density at radius 2 is 2.00 bits per heavy atom. The van der Waals surface area contributed by atoms with Crippen LogP contribution in [0.3, 0.4) is 0 Å². The van der Waals surface area contributed by atoms with Crippen molar-refractivity contribution in [1.82, 2.24) is 0 Å². The van der Waals surface area contributed by atoms with Gasteiger partial charge in [-0.05, 0) is 37.5 Å². The summed E-state index contributed by atoms with van der Waals surface area (Å²) in [6.45, 7) is 2.24. The predicted octanol–water partition coefficient (Wildman–Crippen LogP) is 2.73. The van der Waals surface area contributed by atoms with Gasteiger partial charge in [-0.3, -0.25) is 0 Å². The summed E-state index contributed by atoms with van der Waals surface area (Å²) in [5, 5.41) is 10.2. The van der Waals surface area contributed by atoms with E-state index in [1.165, 1.54) is 25.7 Å². The third-order valence-corrected chi connectivity index (χ3v) is 3.63. The van der Waals surface area contributed by atoms with Crippen molar-refractivity contribution < 1.29 is 5.11 Å². The second kappa shape index (κ2) is 3.02. The van der Waals surface area contributed by atoms with Crippen LogP contribution in [0.4, 0.5) is 0 Å². The Hall–Kier alpha value is -0.0400. The Kier molecular flexibility index (Phi) is 2.16. The molecule has 0 saturated heterocycles. The summed E-state index contributed by atoms with van der Waals surface area (Å²) in [7, 11) is 0. The van der Waals surface area contributed by atoms with Gasteiger partial charge in [0.05, 0.1) is 5.60 Å². The Bertz CT molecular complexity index is 162. The molecule has 2 fully saturated rings. The quantitative estimate of drug-likeness (QED) is 0.687. The van der Waals surface area contributed by atoms with Gasteiger partial charge in [0.25, 0.3) is 0 Å². The van der Waals surface area contributed by atoms with Crippen LogP contribution in [-0.4, -0.2) is 10.7 Å². The minimum absolute atomic E-state index is 0.248. The fraction of sp³-hybridized carbons (Fsp3) is 1.00. The van der Waals surface area contributed by atoms with Crippen molar-refractivity contribution in [3.63, 3.8) is 0 Å². The Morgan fingerprint density at radius 1 is 1.25 bits per heavy atom. The molecule has 0 radical (unpaired) electrons. The van der Waals surface area contributed by atoms with Gasteiger partial charge < -0.3 is 5.11 Å². The van der Waals surface area contributed by atoms with Crippen LogP contribution in [0.1, 0.15) is 51.9 Å². The third kappa shape index (κ3) is 1.82. The molecule has 12 heavy (non-hydrogen) atoms. The molecule has 2 saturated carbocycles. The topological polar surface area (TPSA) is 20.2 Å². The molecule has 0 heterocycles. The monoisotopic (exact) mass is 168 g/mol. The summed E-state index contributed by atoms with van der Waals surface area (Å²) in [6.07, 6.45) is 8.52. The van der Waals surface area contributed by atoms with Crippen molar-refractivity contribution in [3.8, 4) is 0 Å². The summed E-state index contributed by atoms with van der Waals surface area (Å²) in [5.41, 5.74) is -0.248. The van der Waals surface area contributed by atoms with Crippen molar-refractivity contribution in [2.45, 2.75) is 57.5 Å². The molecule has 1 heteroatoms. The van der Waals surface area contributed by atoms with Gasteiger partial charge in [0, 0.05) is 0 Å². The smallest absolute Gasteiger partial charge is 0.0653 e. The summed E-state index contributed by atoms with van der Waals surface area (Å²) < 4.78 is 0. The molecule has 1 nitrogen and oxygen atoms in total. The van der Waals surface area contributed by atoms with Crippen LogP contribution in [-0.2, 0) is 0 Å². The first-order valence-corrected chi connectivity index (χ1v) is 5.44. The summed E-state index contributed by atoms with van der Waals surface area (Å²) >= 11 is 0. The van der Waals surface area contributed by atoms with Crippen LogP contribution in [0.5, 0.6) is 0 Å².